The standard InChI is InChI=1S/C21H24N4O3/c1-3-28-21(27)16-13-22-25(19(16)14-24-10-6-7-11-24)18-12-20(26)23(2)17-9-5-4-8-15(17)18/h4-5,8-9,12-13H,3,6-7,10-11,14H2,1-2H3. The number of ether oxygens (including phenoxy) is 1. The van der Waals surface area contributed by atoms with E-state index in [-0.39, 0.29) is 11.5 Å². The number of hydrogen-bond acceptors (Lipinski definition) is 5. The van der Waals surface area contributed by atoms with Crippen molar-refractivity contribution in [2.24, 2.45) is 7.05 Å². The Morgan fingerprint density at radius 3 is 2.71 bits per heavy atom. The predicted molar refractivity (Wildman–Crippen MR) is 107 cm³/mol. The van der Waals surface area contributed by atoms with Crippen LogP contribution in [0.15, 0.2) is 41.3 Å². The highest BCUT2D eigenvalue weighted by molar-refractivity contribution is 5.92. The van der Waals surface area contributed by atoms with Gasteiger partial charge in [0.15, 0.2) is 0 Å². The maximum absolute atomic E-state index is 12.5. The van der Waals surface area contributed by atoms with Crippen LogP contribution < -0.4 is 5.56 Å². The zero-order chi connectivity index (χ0) is 19.7. The van der Waals surface area contributed by atoms with E-state index in [1.54, 1.807) is 35.5 Å². The molecule has 0 unspecified atom stereocenters. The lowest BCUT2D eigenvalue weighted by molar-refractivity contribution is 0.0524. The van der Waals surface area contributed by atoms with E-state index in [0.717, 1.165) is 42.5 Å². The van der Waals surface area contributed by atoms with Crippen LogP contribution in [0.2, 0.25) is 0 Å². The second kappa shape index (κ2) is 7.59. The van der Waals surface area contributed by atoms with Crippen LogP contribution in [0.25, 0.3) is 16.6 Å². The average Bonchev–Trinajstić information content (AvgIpc) is 3.35. The summed E-state index contributed by atoms with van der Waals surface area (Å²) in [7, 11) is 1.76. The number of pyridine rings is 1. The molecule has 146 valence electrons. The normalized spacial score (nSPS) is 14.6. The van der Waals surface area contributed by atoms with Crippen molar-refractivity contribution in [2.75, 3.05) is 19.7 Å². The molecule has 4 rings (SSSR count). The molecule has 1 fully saturated rings. The van der Waals surface area contributed by atoms with Crippen LogP contribution in [-0.2, 0) is 18.3 Å². The number of hydrogen-bond donors (Lipinski definition) is 0. The highest BCUT2D eigenvalue weighted by Gasteiger charge is 2.24. The first-order chi connectivity index (χ1) is 13.6. The summed E-state index contributed by atoms with van der Waals surface area (Å²) < 4.78 is 8.59. The van der Waals surface area contributed by atoms with Crippen molar-refractivity contribution in [1.82, 2.24) is 19.2 Å². The summed E-state index contributed by atoms with van der Waals surface area (Å²) in [6.45, 7) is 4.67. The van der Waals surface area contributed by atoms with E-state index in [1.807, 2.05) is 24.3 Å². The quantitative estimate of drug-likeness (QED) is 0.636. The molecule has 7 nitrogen and oxygen atoms in total. The Balaban J connectivity index is 1.90. The highest BCUT2D eigenvalue weighted by Crippen LogP contribution is 2.25. The van der Waals surface area contributed by atoms with Crippen LogP contribution in [0.3, 0.4) is 0 Å². The van der Waals surface area contributed by atoms with Crippen LogP contribution in [0.1, 0.15) is 35.8 Å². The lowest BCUT2D eigenvalue weighted by Crippen LogP contribution is -2.24. The average molecular weight is 380 g/mol. The monoisotopic (exact) mass is 380 g/mol. The summed E-state index contributed by atoms with van der Waals surface area (Å²) in [4.78, 5) is 27.4. The van der Waals surface area contributed by atoms with Crippen LogP contribution in [0, 0.1) is 0 Å². The van der Waals surface area contributed by atoms with E-state index in [0.29, 0.717) is 24.4 Å². The van der Waals surface area contributed by atoms with Gasteiger partial charge in [-0.3, -0.25) is 9.69 Å². The van der Waals surface area contributed by atoms with E-state index in [1.165, 1.54) is 0 Å². The zero-order valence-electron chi connectivity index (χ0n) is 16.2. The van der Waals surface area contributed by atoms with Gasteiger partial charge in [0.25, 0.3) is 5.56 Å². The van der Waals surface area contributed by atoms with Crippen molar-refractivity contribution >= 4 is 16.9 Å². The number of aromatic nitrogens is 3. The fraction of sp³-hybridized carbons (Fsp3) is 0.381. The molecule has 0 aliphatic carbocycles. The summed E-state index contributed by atoms with van der Waals surface area (Å²) in [6, 6.07) is 9.30. The van der Waals surface area contributed by atoms with Gasteiger partial charge in [0.1, 0.15) is 5.56 Å². The van der Waals surface area contributed by atoms with Crippen molar-refractivity contribution in [2.45, 2.75) is 26.3 Å². The number of esters is 1. The molecule has 0 radical (unpaired) electrons. The Morgan fingerprint density at radius 1 is 1.21 bits per heavy atom. The molecule has 3 aromatic rings. The van der Waals surface area contributed by atoms with E-state index in [2.05, 4.69) is 10.00 Å². The molecule has 0 saturated carbocycles. The number of fused-ring (bicyclic) bond motifs is 1. The number of nitrogens with zero attached hydrogens (tertiary/aromatic N) is 4. The molecule has 1 aromatic carbocycles. The molecule has 0 amide bonds. The molecule has 0 atom stereocenters. The number of likely N-dealkylation sites (tertiary alicyclic amines) is 1. The van der Waals surface area contributed by atoms with Crippen molar-refractivity contribution in [1.29, 1.82) is 0 Å². The topological polar surface area (TPSA) is 69.4 Å². The van der Waals surface area contributed by atoms with Gasteiger partial charge in [0.2, 0.25) is 0 Å². The minimum atomic E-state index is -0.379. The van der Waals surface area contributed by atoms with Gasteiger partial charge in [-0.25, -0.2) is 9.48 Å². The number of benzene rings is 1. The van der Waals surface area contributed by atoms with Crippen molar-refractivity contribution < 1.29 is 9.53 Å². The first kappa shape index (κ1) is 18.4. The maximum atomic E-state index is 12.5. The summed E-state index contributed by atoms with van der Waals surface area (Å²) in [6.07, 6.45) is 3.85. The van der Waals surface area contributed by atoms with Gasteiger partial charge in [0, 0.05) is 25.0 Å². The molecule has 1 saturated heterocycles. The third kappa shape index (κ3) is 3.22. The van der Waals surface area contributed by atoms with Gasteiger partial charge in [0.05, 0.1) is 29.7 Å². The van der Waals surface area contributed by atoms with Crippen molar-refractivity contribution in [3.63, 3.8) is 0 Å². The highest BCUT2D eigenvalue weighted by atomic mass is 16.5. The van der Waals surface area contributed by atoms with Gasteiger partial charge in [-0.05, 0) is 38.9 Å². The third-order valence-corrected chi connectivity index (χ3v) is 5.30. The van der Waals surface area contributed by atoms with Gasteiger partial charge >= 0.3 is 5.97 Å². The first-order valence-electron chi connectivity index (χ1n) is 9.65. The number of para-hydroxylation sites is 1. The third-order valence-electron chi connectivity index (χ3n) is 5.30. The molecule has 1 aliphatic rings. The molecule has 0 spiro atoms. The number of aryl methyl sites for hydroxylation is 1. The molecule has 3 heterocycles. The smallest absolute Gasteiger partial charge is 0.341 e. The van der Waals surface area contributed by atoms with E-state index in [4.69, 9.17) is 4.74 Å². The number of rotatable bonds is 5. The molecular weight excluding hydrogens is 356 g/mol. The second-order valence-corrected chi connectivity index (χ2v) is 7.06. The first-order valence-corrected chi connectivity index (χ1v) is 9.65. The van der Waals surface area contributed by atoms with Gasteiger partial charge < -0.3 is 9.30 Å². The van der Waals surface area contributed by atoms with Crippen molar-refractivity contribution in [3.05, 3.63) is 58.1 Å². The van der Waals surface area contributed by atoms with E-state index < -0.39 is 0 Å². The maximum Gasteiger partial charge on any atom is 0.341 e. The van der Waals surface area contributed by atoms with Crippen LogP contribution in [0.4, 0.5) is 0 Å². The summed E-state index contributed by atoms with van der Waals surface area (Å²) >= 11 is 0. The fourth-order valence-electron chi connectivity index (χ4n) is 3.83. The van der Waals surface area contributed by atoms with Gasteiger partial charge in [-0.1, -0.05) is 18.2 Å². The zero-order valence-corrected chi connectivity index (χ0v) is 16.2. The second-order valence-electron chi connectivity index (χ2n) is 7.06. The summed E-state index contributed by atoms with van der Waals surface area (Å²) in [5, 5.41) is 5.40. The van der Waals surface area contributed by atoms with Crippen LogP contribution in [-0.4, -0.2) is 44.9 Å². The Hall–Kier alpha value is -2.93. The van der Waals surface area contributed by atoms with E-state index in [9.17, 15) is 9.59 Å². The summed E-state index contributed by atoms with van der Waals surface area (Å²) in [5.41, 5.74) is 2.61. The summed E-state index contributed by atoms with van der Waals surface area (Å²) in [5.74, 6) is -0.379. The molecule has 28 heavy (non-hydrogen) atoms. The fourth-order valence-corrected chi connectivity index (χ4v) is 3.83. The minimum absolute atomic E-state index is 0.117. The lowest BCUT2D eigenvalue weighted by atomic mass is 10.1. The van der Waals surface area contributed by atoms with Crippen molar-refractivity contribution in [3.8, 4) is 5.69 Å². The van der Waals surface area contributed by atoms with E-state index >= 15 is 0 Å². The SMILES string of the molecule is CCOC(=O)c1cnn(-c2cc(=O)n(C)c3ccccc23)c1CN1CCCC1. The molecular formula is C21H24N4O3. The number of carbonyl (C=O) groups is 1. The molecule has 1 aliphatic heterocycles. The Labute approximate surface area is 163 Å². The van der Waals surface area contributed by atoms with Gasteiger partial charge in [-0.15, -0.1) is 0 Å². The molecule has 2 aromatic heterocycles. The molecule has 7 heteroatoms. The van der Waals surface area contributed by atoms with Crippen LogP contribution >= 0.6 is 0 Å². The largest absolute Gasteiger partial charge is 0.462 e. The van der Waals surface area contributed by atoms with Crippen LogP contribution in [0.5, 0.6) is 0 Å². The Kier molecular flexibility index (Phi) is 5.00. The lowest BCUT2D eigenvalue weighted by Gasteiger charge is -2.18. The molecule has 0 N–H and O–H groups in total. The minimum Gasteiger partial charge on any atom is -0.462 e. The van der Waals surface area contributed by atoms with Gasteiger partial charge in [-0.2, -0.15) is 5.10 Å². The molecule has 0 bridgehead atoms. The predicted octanol–water partition coefficient (Wildman–Crippen LogP) is 2.50. The Bertz CT molecular complexity index is 1080. The Morgan fingerprint density at radius 2 is 1.96 bits per heavy atom. The number of carbonyl (C=O) groups excluding carboxylic acids is 1.